The lowest BCUT2D eigenvalue weighted by molar-refractivity contribution is -0.120. The fourth-order valence-electron chi connectivity index (χ4n) is 2.37. The van der Waals surface area contributed by atoms with Crippen molar-refractivity contribution in [2.75, 3.05) is 12.3 Å². The number of benzene rings is 1. The minimum atomic E-state index is 0.0389. The van der Waals surface area contributed by atoms with Gasteiger partial charge >= 0.3 is 0 Å². The van der Waals surface area contributed by atoms with E-state index in [0.29, 0.717) is 13.0 Å². The number of thioether (sulfide) groups is 1. The molecule has 0 aliphatic heterocycles. The van der Waals surface area contributed by atoms with Gasteiger partial charge in [-0.2, -0.15) is 16.4 Å². The highest BCUT2D eigenvalue weighted by atomic mass is 32.2. The summed E-state index contributed by atoms with van der Waals surface area (Å²) in [5.74, 6) is 0.853. The maximum atomic E-state index is 12.1. The molecule has 1 amide bonds. The molecule has 1 unspecified atom stereocenters. The first kappa shape index (κ1) is 16.8. The van der Waals surface area contributed by atoms with Crippen LogP contribution in [0.15, 0.2) is 70.5 Å². The van der Waals surface area contributed by atoms with Crippen molar-refractivity contribution in [1.82, 2.24) is 15.1 Å². The van der Waals surface area contributed by atoms with Crippen molar-refractivity contribution in [3.05, 3.63) is 71.2 Å². The Bertz CT molecular complexity index is 693. The quantitative estimate of drug-likeness (QED) is 0.623. The second kappa shape index (κ2) is 8.70. The molecule has 0 aliphatic rings. The van der Waals surface area contributed by atoms with E-state index in [4.69, 9.17) is 0 Å². The lowest BCUT2D eigenvalue weighted by atomic mass is 10.1. The van der Waals surface area contributed by atoms with Crippen molar-refractivity contribution in [2.24, 2.45) is 0 Å². The summed E-state index contributed by atoms with van der Waals surface area (Å²) >= 11 is 3.36. The molecule has 0 radical (unpaired) electrons. The Morgan fingerprint density at radius 2 is 2.12 bits per heavy atom. The van der Waals surface area contributed by atoms with Gasteiger partial charge < -0.3 is 5.32 Å². The van der Waals surface area contributed by atoms with E-state index in [1.165, 1.54) is 10.5 Å². The summed E-state index contributed by atoms with van der Waals surface area (Å²) < 4.78 is 1.89. The Balaban J connectivity index is 1.49. The van der Waals surface area contributed by atoms with E-state index in [-0.39, 0.29) is 11.9 Å². The largest absolute Gasteiger partial charge is 0.354 e. The van der Waals surface area contributed by atoms with Crippen molar-refractivity contribution < 1.29 is 4.79 Å². The number of carbonyl (C=O) groups is 1. The van der Waals surface area contributed by atoms with E-state index in [9.17, 15) is 4.79 Å². The molecule has 124 valence electrons. The molecule has 0 fully saturated rings. The topological polar surface area (TPSA) is 46.9 Å². The van der Waals surface area contributed by atoms with Crippen LogP contribution in [-0.4, -0.2) is 28.0 Å². The van der Waals surface area contributed by atoms with Gasteiger partial charge in [0.05, 0.1) is 6.04 Å². The Hall–Kier alpha value is -2.05. The zero-order valence-electron chi connectivity index (χ0n) is 13.2. The number of hydrogen-bond donors (Lipinski definition) is 1. The second-order valence-corrected chi connectivity index (χ2v) is 7.22. The summed E-state index contributed by atoms with van der Waals surface area (Å²) in [4.78, 5) is 13.3. The first-order valence-corrected chi connectivity index (χ1v) is 9.71. The van der Waals surface area contributed by atoms with Crippen LogP contribution in [0.1, 0.15) is 18.0 Å². The third kappa shape index (κ3) is 4.72. The standard InChI is InChI=1S/C18H19N3OS2/c22-18(8-12-24-16-5-2-1-3-6-16)19-13-17(15-7-11-23-14-15)21-10-4-9-20-21/h1-7,9-11,14,17H,8,12-13H2,(H,19,22). The van der Waals surface area contributed by atoms with E-state index in [1.807, 2.05) is 40.5 Å². The van der Waals surface area contributed by atoms with E-state index < -0.39 is 0 Å². The van der Waals surface area contributed by atoms with Crippen LogP contribution in [0.5, 0.6) is 0 Å². The van der Waals surface area contributed by atoms with Gasteiger partial charge in [0, 0.05) is 36.0 Å². The van der Waals surface area contributed by atoms with E-state index in [0.717, 1.165) is 5.75 Å². The van der Waals surface area contributed by atoms with Gasteiger partial charge in [0.1, 0.15) is 0 Å². The maximum absolute atomic E-state index is 12.1. The number of aromatic nitrogens is 2. The molecule has 1 atom stereocenters. The summed E-state index contributed by atoms with van der Waals surface area (Å²) in [5.41, 5.74) is 1.17. The van der Waals surface area contributed by atoms with Gasteiger partial charge in [-0.3, -0.25) is 9.48 Å². The number of nitrogens with one attached hydrogen (secondary N) is 1. The van der Waals surface area contributed by atoms with E-state index >= 15 is 0 Å². The van der Waals surface area contributed by atoms with Gasteiger partial charge in [-0.1, -0.05) is 18.2 Å². The number of hydrogen-bond acceptors (Lipinski definition) is 4. The van der Waals surface area contributed by atoms with Gasteiger partial charge in [0.15, 0.2) is 0 Å². The molecule has 0 aliphatic carbocycles. The molecule has 0 saturated carbocycles. The van der Waals surface area contributed by atoms with Gasteiger partial charge in [-0.05, 0) is 40.6 Å². The molecule has 1 aromatic carbocycles. The summed E-state index contributed by atoms with van der Waals surface area (Å²) in [6, 6.07) is 14.2. The minimum Gasteiger partial charge on any atom is -0.354 e. The number of nitrogens with zero attached hydrogens (tertiary/aromatic N) is 2. The SMILES string of the molecule is O=C(CCSc1ccccc1)NCC(c1ccsc1)n1cccn1. The summed E-state index contributed by atoms with van der Waals surface area (Å²) in [7, 11) is 0. The van der Waals surface area contributed by atoms with Gasteiger partial charge in [0.2, 0.25) is 5.91 Å². The smallest absolute Gasteiger partial charge is 0.220 e. The molecule has 24 heavy (non-hydrogen) atoms. The average molecular weight is 358 g/mol. The molecular weight excluding hydrogens is 338 g/mol. The normalized spacial score (nSPS) is 12.0. The molecule has 3 rings (SSSR count). The first-order chi connectivity index (χ1) is 11.8. The van der Waals surface area contributed by atoms with Crippen LogP contribution in [-0.2, 0) is 4.79 Å². The predicted octanol–water partition coefficient (Wildman–Crippen LogP) is 3.83. The zero-order valence-corrected chi connectivity index (χ0v) is 14.8. The highest BCUT2D eigenvalue weighted by molar-refractivity contribution is 7.99. The molecule has 4 nitrogen and oxygen atoms in total. The average Bonchev–Trinajstić information content (AvgIpc) is 3.30. The lowest BCUT2D eigenvalue weighted by Crippen LogP contribution is -2.31. The third-order valence-corrected chi connectivity index (χ3v) is 5.32. The monoisotopic (exact) mass is 357 g/mol. The Morgan fingerprint density at radius 3 is 2.83 bits per heavy atom. The van der Waals surface area contributed by atoms with Gasteiger partial charge in [-0.25, -0.2) is 0 Å². The van der Waals surface area contributed by atoms with Crippen LogP contribution in [0.2, 0.25) is 0 Å². The Morgan fingerprint density at radius 1 is 1.25 bits per heavy atom. The van der Waals surface area contributed by atoms with Gasteiger partial charge in [-0.15, -0.1) is 11.8 Å². The predicted molar refractivity (Wildman–Crippen MR) is 99.5 cm³/mol. The fourth-order valence-corrected chi connectivity index (χ4v) is 3.95. The summed E-state index contributed by atoms with van der Waals surface area (Å²) in [6.45, 7) is 0.549. The van der Waals surface area contributed by atoms with Crippen LogP contribution in [0.3, 0.4) is 0 Å². The van der Waals surface area contributed by atoms with Crippen LogP contribution in [0.4, 0.5) is 0 Å². The van der Waals surface area contributed by atoms with Crippen LogP contribution in [0.25, 0.3) is 0 Å². The highest BCUT2D eigenvalue weighted by Gasteiger charge is 2.15. The van der Waals surface area contributed by atoms with E-state index in [1.54, 1.807) is 29.3 Å². The number of amides is 1. The zero-order chi connectivity index (χ0) is 16.6. The Kier molecular flexibility index (Phi) is 6.09. The molecule has 0 bridgehead atoms. The molecule has 1 N–H and O–H groups in total. The minimum absolute atomic E-state index is 0.0389. The maximum Gasteiger partial charge on any atom is 0.220 e. The number of carbonyl (C=O) groups excluding carboxylic acids is 1. The first-order valence-electron chi connectivity index (χ1n) is 7.78. The number of thiophene rings is 1. The van der Waals surface area contributed by atoms with Crippen LogP contribution < -0.4 is 5.32 Å². The molecule has 3 aromatic rings. The van der Waals surface area contributed by atoms with Gasteiger partial charge in [0.25, 0.3) is 0 Å². The van der Waals surface area contributed by atoms with Crippen molar-refractivity contribution in [3.63, 3.8) is 0 Å². The highest BCUT2D eigenvalue weighted by Crippen LogP contribution is 2.20. The third-order valence-electron chi connectivity index (χ3n) is 3.61. The second-order valence-electron chi connectivity index (χ2n) is 5.27. The molecule has 0 spiro atoms. The summed E-state index contributed by atoms with van der Waals surface area (Å²) in [6.07, 6.45) is 4.20. The van der Waals surface area contributed by atoms with Crippen molar-refractivity contribution in [2.45, 2.75) is 17.4 Å². The molecule has 0 saturated heterocycles. The van der Waals surface area contributed by atoms with Crippen molar-refractivity contribution in [1.29, 1.82) is 0 Å². The van der Waals surface area contributed by atoms with Crippen molar-refractivity contribution in [3.8, 4) is 0 Å². The van der Waals surface area contributed by atoms with Crippen molar-refractivity contribution >= 4 is 29.0 Å². The molecule has 2 heterocycles. The van der Waals surface area contributed by atoms with Crippen LogP contribution >= 0.6 is 23.1 Å². The molecule has 2 aromatic heterocycles. The van der Waals surface area contributed by atoms with Crippen LogP contribution in [0, 0.1) is 0 Å². The number of rotatable bonds is 8. The molecule has 6 heteroatoms. The van der Waals surface area contributed by atoms with E-state index in [2.05, 4.69) is 34.0 Å². The summed E-state index contributed by atoms with van der Waals surface area (Å²) in [5, 5.41) is 11.5. The molecular formula is C18H19N3OS2. The lowest BCUT2D eigenvalue weighted by Gasteiger charge is -2.17. The Labute approximate surface area is 149 Å². The fraction of sp³-hybridized carbons (Fsp3) is 0.222.